The summed E-state index contributed by atoms with van der Waals surface area (Å²) in [5.41, 5.74) is 13.1. The van der Waals surface area contributed by atoms with Crippen LogP contribution in [0.5, 0.6) is 0 Å². The predicted molar refractivity (Wildman–Crippen MR) is 64.7 cm³/mol. The summed E-state index contributed by atoms with van der Waals surface area (Å²) < 4.78 is 1.60. The molecule has 1 aromatic heterocycles. The zero-order valence-corrected chi connectivity index (χ0v) is 9.50. The number of carbonyl (C=O) groups is 1. The standard InChI is InChI=1S/C12H14N4O/c1-8(13)9-2-4-10(5-3-9)16-7-6-11(15-16)12(14)17/h2-8H,13H2,1H3,(H2,14,17)/t8-/m1/s1. The fourth-order valence-electron chi connectivity index (χ4n) is 1.53. The molecule has 0 aliphatic carbocycles. The van der Waals surface area contributed by atoms with Gasteiger partial charge in [-0.2, -0.15) is 5.10 Å². The van der Waals surface area contributed by atoms with Crippen molar-refractivity contribution >= 4 is 5.91 Å². The first-order chi connectivity index (χ1) is 8.08. The summed E-state index contributed by atoms with van der Waals surface area (Å²) in [7, 11) is 0. The van der Waals surface area contributed by atoms with Gasteiger partial charge >= 0.3 is 0 Å². The Kier molecular flexibility index (Phi) is 2.93. The molecular weight excluding hydrogens is 216 g/mol. The number of aromatic nitrogens is 2. The fraction of sp³-hybridized carbons (Fsp3) is 0.167. The van der Waals surface area contributed by atoms with Crippen LogP contribution in [0.25, 0.3) is 5.69 Å². The van der Waals surface area contributed by atoms with Crippen LogP contribution in [0.3, 0.4) is 0 Å². The van der Waals surface area contributed by atoms with E-state index >= 15 is 0 Å². The maximum Gasteiger partial charge on any atom is 0.269 e. The molecule has 0 spiro atoms. The highest BCUT2D eigenvalue weighted by molar-refractivity contribution is 5.90. The van der Waals surface area contributed by atoms with Gasteiger partial charge < -0.3 is 11.5 Å². The van der Waals surface area contributed by atoms with Gasteiger partial charge in [-0.15, -0.1) is 0 Å². The monoisotopic (exact) mass is 230 g/mol. The Morgan fingerprint density at radius 1 is 1.29 bits per heavy atom. The summed E-state index contributed by atoms with van der Waals surface area (Å²) in [5.74, 6) is -0.532. The lowest BCUT2D eigenvalue weighted by atomic mass is 10.1. The molecule has 0 unspecified atom stereocenters. The number of hydrogen-bond donors (Lipinski definition) is 2. The van der Waals surface area contributed by atoms with Crippen LogP contribution < -0.4 is 11.5 Å². The van der Waals surface area contributed by atoms with Gasteiger partial charge in [-0.1, -0.05) is 12.1 Å². The van der Waals surface area contributed by atoms with E-state index in [1.54, 1.807) is 16.9 Å². The maximum absolute atomic E-state index is 10.9. The highest BCUT2D eigenvalue weighted by atomic mass is 16.1. The van der Waals surface area contributed by atoms with E-state index in [1.165, 1.54) is 0 Å². The summed E-state index contributed by atoms with van der Waals surface area (Å²) in [6.07, 6.45) is 1.70. The Labute approximate surface area is 99.0 Å². The van der Waals surface area contributed by atoms with Crippen molar-refractivity contribution in [3.8, 4) is 5.69 Å². The third-order valence-electron chi connectivity index (χ3n) is 2.52. The number of rotatable bonds is 3. The molecule has 5 heteroatoms. The number of amides is 1. The van der Waals surface area contributed by atoms with E-state index < -0.39 is 5.91 Å². The van der Waals surface area contributed by atoms with Crippen molar-refractivity contribution in [2.24, 2.45) is 11.5 Å². The molecule has 2 rings (SSSR count). The molecule has 1 heterocycles. The van der Waals surface area contributed by atoms with Crippen LogP contribution >= 0.6 is 0 Å². The topological polar surface area (TPSA) is 86.9 Å². The van der Waals surface area contributed by atoms with Crippen LogP contribution in [-0.2, 0) is 0 Å². The Bertz CT molecular complexity index is 528. The first kappa shape index (κ1) is 11.3. The van der Waals surface area contributed by atoms with Crippen LogP contribution in [-0.4, -0.2) is 15.7 Å². The van der Waals surface area contributed by atoms with Gasteiger partial charge in [0.25, 0.3) is 5.91 Å². The number of primary amides is 1. The number of carbonyl (C=O) groups excluding carboxylic acids is 1. The van der Waals surface area contributed by atoms with Crippen molar-refractivity contribution in [1.82, 2.24) is 9.78 Å². The molecule has 1 atom stereocenters. The Balaban J connectivity index is 2.30. The van der Waals surface area contributed by atoms with Gasteiger partial charge in [-0.25, -0.2) is 4.68 Å². The second kappa shape index (κ2) is 4.39. The summed E-state index contributed by atoms with van der Waals surface area (Å²) in [6.45, 7) is 1.92. The third-order valence-corrected chi connectivity index (χ3v) is 2.52. The SMILES string of the molecule is C[C@@H](N)c1ccc(-n2ccc(C(N)=O)n2)cc1. The maximum atomic E-state index is 10.9. The molecule has 2 aromatic rings. The third kappa shape index (κ3) is 2.34. The van der Waals surface area contributed by atoms with E-state index in [0.29, 0.717) is 0 Å². The van der Waals surface area contributed by atoms with Crippen molar-refractivity contribution in [3.63, 3.8) is 0 Å². The number of benzene rings is 1. The lowest BCUT2D eigenvalue weighted by molar-refractivity contribution is 0.0995. The highest BCUT2D eigenvalue weighted by Crippen LogP contribution is 2.13. The lowest BCUT2D eigenvalue weighted by Gasteiger charge is -2.06. The molecule has 0 aliphatic heterocycles. The van der Waals surface area contributed by atoms with Crippen molar-refractivity contribution in [2.75, 3.05) is 0 Å². The Morgan fingerprint density at radius 2 is 1.94 bits per heavy atom. The van der Waals surface area contributed by atoms with E-state index in [0.717, 1.165) is 11.3 Å². The second-order valence-corrected chi connectivity index (χ2v) is 3.89. The van der Waals surface area contributed by atoms with Crippen LogP contribution in [0.1, 0.15) is 29.0 Å². The molecule has 88 valence electrons. The predicted octanol–water partition coefficient (Wildman–Crippen LogP) is 0.991. The molecule has 0 fully saturated rings. The number of nitrogens with two attached hydrogens (primary N) is 2. The lowest BCUT2D eigenvalue weighted by Crippen LogP contribution is -2.12. The van der Waals surface area contributed by atoms with Gasteiger partial charge in [-0.3, -0.25) is 4.79 Å². The normalized spacial score (nSPS) is 12.4. The summed E-state index contributed by atoms with van der Waals surface area (Å²) in [4.78, 5) is 10.9. The van der Waals surface area contributed by atoms with Gasteiger partial charge in [0, 0.05) is 12.2 Å². The summed E-state index contributed by atoms with van der Waals surface area (Å²) >= 11 is 0. The molecule has 1 amide bonds. The minimum atomic E-state index is -0.532. The molecule has 0 saturated heterocycles. The summed E-state index contributed by atoms with van der Waals surface area (Å²) in [5, 5.41) is 4.07. The Hall–Kier alpha value is -2.14. The van der Waals surface area contributed by atoms with Gasteiger partial charge in [0.1, 0.15) is 5.69 Å². The van der Waals surface area contributed by atoms with Gasteiger partial charge in [0.05, 0.1) is 5.69 Å². The minimum Gasteiger partial charge on any atom is -0.364 e. The van der Waals surface area contributed by atoms with Gasteiger partial charge in [0.15, 0.2) is 0 Å². The Morgan fingerprint density at radius 3 is 2.41 bits per heavy atom. The highest BCUT2D eigenvalue weighted by Gasteiger charge is 2.06. The largest absolute Gasteiger partial charge is 0.364 e. The van der Waals surface area contributed by atoms with E-state index in [9.17, 15) is 4.79 Å². The van der Waals surface area contributed by atoms with E-state index in [2.05, 4.69) is 5.10 Å². The molecule has 17 heavy (non-hydrogen) atoms. The zero-order chi connectivity index (χ0) is 12.4. The molecule has 4 N–H and O–H groups in total. The molecule has 1 aromatic carbocycles. The average molecular weight is 230 g/mol. The van der Waals surface area contributed by atoms with Crippen molar-refractivity contribution < 1.29 is 4.79 Å². The van der Waals surface area contributed by atoms with Crippen LogP contribution in [0.2, 0.25) is 0 Å². The number of nitrogens with zero attached hydrogens (tertiary/aromatic N) is 2. The van der Waals surface area contributed by atoms with E-state index in [-0.39, 0.29) is 11.7 Å². The van der Waals surface area contributed by atoms with Crippen molar-refractivity contribution in [1.29, 1.82) is 0 Å². The zero-order valence-electron chi connectivity index (χ0n) is 9.50. The minimum absolute atomic E-state index is 0.00264. The van der Waals surface area contributed by atoms with E-state index in [1.807, 2.05) is 31.2 Å². The van der Waals surface area contributed by atoms with Crippen LogP contribution in [0, 0.1) is 0 Å². The van der Waals surface area contributed by atoms with Crippen molar-refractivity contribution in [2.45, 2.75) is 13.0 Å². The quantitative estimate of drug-likeness (QED) is 0.824. The van der Waals surface area contributed by atoms with Crippen LogP contribution in [0.15, 0.2) is 36.5 Å². The van der Waals surface area contributed by atoms with Crippen molar-refractivity contribution in [3.05, 3.63) is 47.8 Å². The molecule has 5 nitrogen and oxygen atoms in total. The molecule has 0 aliphatic rings. The average Bonchev–Trinajstić information content (AvgIpc) is 2.78. The second-order valence-electron chi connectivity index (χ2n) is 3.89. The molecular formula is C12H14N4O. The summed E-state index contributed by atoms with van der Waals surface area (Å²) in [6, 6.07) is 9.26. The van der Waals surface area contributed by atoms with Gasteiger partial charge in [-0.05, 0) is 30.7 Å². The van der Waals surface area contributed by atoms with Gasteiger partial charge in [0.2, 0.25) is 0 Å². The smallest absolute Gasteiger partial charge is 0.269 e. The first-order valence-corrected chi connectivity index (χ1v) is 5.29. The molecule has 0 bridgehead atoms. The van der Waals surface area contributed by atoms with E-state index in [4.69, 9.17) is 11.5 Å². The molecule has 0 saturated carbocycles. The first-order valence-electron chi connectivity index (χ1n) is 5.29. The fourth-order valence-corrected chi connectivity index (χ4v) is 1.53. The number of hydrogen-bond acceptors (Lipinski definition) is 3. The van der Waals surface area contributed by atoms with Crippen LogP contribution in [0.4, 0.5) is 0 Å². The molecule has 0 radical (unpaired) electrons.